The first-order chi connectivity index (χ1) is 12.0. The van der Waals surface area contributed by atoms with Crippen molar-refractivity contribution in [1.82, 2.24) is 14.5 Å². The Bertz CT molecular complexity index is 1010. The molecule has 3 aromatic heterocycles. The third kappa shape index (κ3) is 2.16. The van der Waals surface area contributed by atoms with E-state index in [1.54, 1.807) is 0 Å². The molecule has 0 saturated heterocycles. The summed E-state index contributed by atoms with van der Waals surface area (Å²) in [6.07, 6.45) is 3.58. The highest BCUT2D eigenvalue weighted by atomic mass is 16.3. The van der Waals surface area contributed by atoms with Crippen molar-refractivity contribution in [3.8, 4) is 0 Å². The van der Waals surface area contributed by atoms with E-state index in [1.165, 1.54) is 22.2 Å². The van der Waals surface area contributed by atoms with E-state index >= 15 is 0 Å². The maximum absolute atomic E-state index is 11.2. The van der Waals surface area contributed by atoms with Gasteiger partial charge in [0, 0.05) is 46.9 Å². The second kappa shape index (κ2) is 5.13. The minimum atomic E-state index is -0.830. The number of hydrogen-bond acceptors (Lipinski definition) is 3. The van der Waals surface area contributed by atoms with Crippen molar-refractivity contribution in [3.63, 3.8) is 0 Å². The van der Waals surface area contributed by atoms with Crippen LogP contribution in [0.2, 0.25) is 0 Å². The molecule has 25 heavy (non-hydrogen) atoms. The van der Waals surface area contributed by atoms with Crippen molar-refractivity contribution in [2.75, 3.05) is 6.54 Å². The molecule has 2 aliphatic rings. The van der Waals surface area contributed by atoms with E-state index in [4.69, 9.17) is 4.98 Å². The summed E-state index contributed by atoms with van der Waals surface area (Å²) in [5, 5.41) is 14.8. The third-order valence-electron chi connectivity index (χ3n) is 5.69. The summed E-state index contributed by atoms with van der Waals surface area (Å²) in [5.41, 5.74) is 7.12. The number of pyridine rings is 2. The lowest BCUT2D eigenvalue weighted by Gasteiger charge is -2.39. The molecule has 0 spiro atoms. The van der Waals surface area contributed by atoms with Gasteiger partial charge >= 0.3 is 0 Å². The van der Waals surface area contributed by atoms with Gasteiger partial charge < -0.3 is 15.0 Å². The Morgan fingerprint density at radius 3 is 3.04 bits per heavy atom. The van der Waals surface area contributed by atoms with Gasteiger partial charge in [-0.2, -0.15) is 0 Å². The Morgan fingerprint density at radius 1 is 1.32 bits per heavy atom. The predicted octanol–water partition coefficient (Wildman–Crippen LogP) is 1.11. The first kappa shape index (κ1) is 15.0. The van der Waals surface area contributed by atoms with Gasteiger partial charge in [0.1, 0.15) is 17.8 Å². The third-order valence-corrected chi connectivity index (χ3v) is 5.69. The van der Waals surface area contributed by atoms with E-state index in [-0.39, 0.29) is 0 Å². The molecule has 3 aromatic rings. The first-order valence-corrected chi connectivity index (χ1v) is 9.03. The smallest absolute Gasteiger partial charge is 0.140 e. The molecule has 1 unspecified atom stereocenters. The normalized spacial score (nSPS) is 21.7. The van der Waals surface area contributed by atoms with Crippen molar-refractivity contribution >= 4 is 11.0 Å². The topological polar surface area (TPSA) is 67.5 Å². The monoisotopic (exact) mass is 335 g/mol. The van der Waals surface area contributed by atoms with E-state index in [0.29, 0.717) is 13.0 Å². The van der Waals surface area contributed by atoms with E-state index in [1.807, 2.05) is 25.3 Å². The van der Waals surface area contributed by atoms with Crippen LogP contribution in [-0.4, -0.2) is 26.2 Å². The quantitative estimate of drug-likeness (QED) is 0.737. The highest BCUT2D eigenvalue weighted by Gasteiger charge is 2.43. The average Bonchev–Trinajstić information content (AvgIpc) is 2.88. The highest BCUT2D eigenvalue weighted by molar-refractivity contribution is 5.83. The standard InChI is InChI=1S/C20H22N4O/c1-12-7-14-15-10-21-6-5-18(15)24(19(14)22-9-12)11-20(25)8-17-16(20)4-3-13(2)23-17/h3-4,7,9,21,25H,5-6,8,10-11H2,1-2H3/p+1. The molecule has 1 aliphatic heterocycles. The van der Waals surface area contributed by atoms with Gasteiger partial charge in [0.15, 0.2) is 0 Å². The fourth-order valence-corrected chi connectivity index (χ4v) is 4.45. The molecule has 0 fully saturated rings. The zero-order valence-electron chi connectivity index (χ0n) is 14.7. The molecule has 5 heteroatoms. The molecular formula is C20H23N4O+. The number of nitrogens with two attached hydrogens (primary N) is 1. The summed E-state index contributed by atoms with van der Waals surface area (Å²) in [4.78, 5) is 9.28. The number of aliphatic hydroxyl groups is 1. The maximum Gasteiger partial charge on any atom is 0.140 e. The number of rotatable bonds is 2. The van der Waals surface area contributed by atoms with Crippen LogP contribution in [0.25, 0.3) is 11.0 Å². The summed E-state index contributed by atoms with van der Waals surface area (Å²) in [5.74, 6) is 0. The molecule has 0 radical (unpaired) electrons. The molecule has 4 heterocycles. The summed E-state index contributed by atoms with van der Waals surface area (Å²) in [6, 6.07) is 6.26. The first-order valence-electron chi connectivity index (χ1n) is 9.03. The maximum atomic E-state index is 11.2. The largest absolute Gasteiger partial charge is 0.383 e. The second-order valence-electron chi connectivity index (χ2n) is 7.58. The van der Waals surface area contributed by atoms with E-state index in [2.05, 4.69) is 27.9 Å². The minimum absolute atomic E-state index is 0.562. The lowest BCUT2D eigenvalue weighted by molar-refractivity contribution is -0.673. The number of aryl methyl sites for hydroxylation is 2. The van der Waals surface area contributed by atoms with Crippen molar-refractivity contribution in [2.45, 2.75) is 45.4 Å². The molecule has 5 nitrogen and oxygen atoms in total. The van der Waals surface area contributed by atoms with Crippen LogP contribution in [-0.2, 0) is 31.5 Å². The second-order valence-corrected chi connectivity index (χ2v) is 7.58. The molecule has 5 rings (SSSR count). The van der Waals surface area contributed by atoms with E-state index < -0.39 is 5.60 Å². The van der Waals surface area contributed by atoms with Crippen LogP contribution in [0.3, 0.4) is 0 Å². The van der Waals surface area contributed by atoms with Gasteiger partial charge in [0.25, 0.3) is 0 Å². The lowest BCUT2D eigenvalue weighted by atomic mass is 9.76. The molecule has 1 aliphatic carbocycles. The molecular weight excluding hydrogens is 312 g/mol. The van der Waals surface area contributed by atoms with Crippen LogP contribution in [0.15, 0.2) is 24.4 Å². The number of nitrogens with zero attached hydrogens (tertiary/aromatic N) is 3. The SMILES string of the molecule is Cc1cnc2c(c1)c1c(n2CC2(O)Cc3nc(C)ccc32)CC[NH2+]C1. The van der Waals surface area contributed by atoms with Crippen molar-refractivity contribution < 1.29 is 10.4 Å². The van der Waals surface area contributed by atoms with Gasteiger partial charge in [0.2, 0.25) is 0 Å². The molecule has 0 saturated carbocycles. The summed E-state index contributed by atoms with van der Waals surface area (Å²) in [7, 11) is 0. The zero-order chi connectivity index (χ0) is 17.2. The number of quaternary nitrogens is 1. The molecule has 0 aromatic carbocycles. The minimum Gasteiger partial charge on any atom is -0.383 e. The predicted molar refractivity (Wildman–Crippen MR) is 95.2 cm³/mol. The summed E-state index contributed by atoms with van der Waals surface area (Å²) < 4.78 is 2.26. The van der Waals surface area contributed by atoms with Crippen LogP contribution >= 0.6 is 0 Å². The highest BCUT2D eigenvalue weighted by Crippen LogP contribution is 2.41. The summed E-state index contributed by atoms with van der Waals surface area (Å²) >= 11 is 0. The molecule has 3 N–H and O–H groups in total. The fourth-order valence-electron chi connectivity index (χ4n) is 4.45. The Hall–Kier alpha value is -2.24. The molecule has 128 valence electrons. The Morgan fingerprint density at radius 2 is 2.20 bits per heavy atom. The van der Waals surface area contributed by atoms with Crippen molar-refractivity contribution in [2.24, 2.45) is 0 Å². The van der Waals surface area contributed by atoms with Gasteiger partial charge in [-0.25, -0.2) is 4.98 Å². The number of aromatic nitrogens is 3. The zero-order valence-corrected chi connectivity index (χ0v) is 14.7. The molecule has 0 amide bonds. The van der Waals surface area contributed by atoms with Crippen LogP contribution in [0.5, 0.6) is 0 Å². The molecule has 0 bridgehead atoms. The number of hydrogen-bond donors (Lipinski definition) is 2. The van der Waals surface area contributed by atoms with E-state index in [0.717, 1.165) is 42.1 Å². The fraction of sp³-hybridized carbons (Fsp3) is 0.400. The van der Waals surface area contributed by atoms with Crippen LogP contribution < -0.4 is 5.32 Å². The van der Waals surface area contributed by atoms with Gasteiger partial charge in [-0.05, 0) is 31.5 Å². The summed E-state index contributed by atoms with van der Waals surface area (Å²) in [6.45, 7) is 6.74. The van der Waals surface area contributed by atoms with Gasteiger partial charge in [0.05, 0.1) is 18.8 Å². The molecule has 1 atom stereocenters. The Balaban J connectivity index is 1.63. The van der Waals surface area contributed by atoms with Crippen LogP contribution in [0.4, 0.5) is 0 Å². The Labute approximate surface area is 146 Å². The van der Waals surface area contributed by atoms with Crippen molar-refractivity contribution in [1.29, 1.82) is 0 Å². The average molecular weight is 335 g/mol. The van der Waals surface area contributed by atoms with Crippen molar-refractivity contribution in [3.05, 3.63) is 58.2 Å². The lowest BCUT2D eigenvalue weighted by Crippen LogP contribution is -2.84. The van der Waals surface area contributed by atoms with Gasteiger partial charge in [-0.3, -0.25) is 4.98 Å². The van der Waals surface area contributed by atoms with E-state index in [9.17, 15) is 5.11 Å². The van der Waals surface area contributed by atoms with Gasteiger partial charge in [-0.1, -0.05) is 6.07 Å². The van der Waals surface area contributed by atoms with Crippen LogP contribution in [0.1, 0.15) is 33.8 Å². The van der Waals surface area contributed by atoms with Gasteiger partial charge in [-0.15, -0.1) is 0 Å². The Kier molecular flexibility index (Phi) is 3.09. The number of fused-ring (bicyclic) bond motifs is 4. The van der Waals surface area contributed by atoms with Crippen LogP contribution in [0, 0.1) is 13.8 Å².